The molecule has 2 aromatic rings. The molecule has 6 nitrogen and oxygen atoms in total. The summed E-state index contributed by atoms with van der Waals surface area (Å²) < 4.78 is 1.92. The minimum Gasteiger partial charge on any atom is -0.338 e. The van der Waals surface area contributed by atoms with Crippen LogP contribution < -0.4 is 0 Å². The number of fused-ring (bicyclic) bond motifs is 4. The number of aromatic nitrogens is 3. The zero-order valence-electron chi connectivity index (χ0n) is 17.3. The SMILES string of the molecule is Cc1nn(C)c(C)c1CCC(=O)N1CC2CCC1CN(Cc1cccnc1)C2. The van der Waals surface area contributed by atoms with Gasteiger partial charge in [0.2, 0.25) is 5.91 Å². The smallest absolute Gasteiger partial charge is 0.223 e. The summed E-state index contributed by atoms with van der Waals surface area (Å²) >= 11 is 0. The van der Waals surface area contributed by atoms with Gasteiger partial charge in [-0.15, -0.1) is 0 Å². The molecule has 2 bridgehead atoms. The zero-order valence-corrected chi connectivity index (χ0v) is 17.3. The summed E-state index contributed by atoms with van der Waals surface area (Å²) in [5, 5.41) is 4.48. The van der Waals surface area contributed by atoms with E-state index in [-0.39, 0.29) is 0 Å². The fourth-order valence-corrected chi connectivity index (χ4v) is 4.92. The quantitative estimate of drug-likeness (QED) is 0.799. The number of carbonyl (C=O) groups is 1. The van der Waals surface area contributed by atoms with Crippen LogP contribution in [0.25, 0.3) is 0 Å². The van der Waals surface area contributed by atoms with E-state index >= 15 is 0 Å². The highest BCUT2D eigenvalue weighted by Crippen LogP contribution is 2.29. The first-order valence-corrected chi connectivity index (χ1v) is 10.4. The van der Waals surface area contributed by atoms with Gasteiger partial charge in [-0.1, -0.05) is 6.07 Å². The van der Waals surface area contributed by atoms with Crippen LogP contribution in [0.1, 0.15) is 41.8 Å². The van der Waals surface area contributed by atoms with Gasteiger partial charge >= 0.3 is 0 Å². The standard InChI is InChI=1S/C22H31N5O/c1-16-21(17(2)25(3)24-16)8-9-22(28)27-14-19-6-7-20(27)15-26(13-19)12-18-5-4-10-23-11-18/h4-5,10-11,19-20H,6-9,12-15H2,1-3H3. The average molecular weight is 382 g/mol. The third-order valence-corrected chi connectivity index (χ3v) is 6.49. The third-order valence-electron chi connectivity index (χ3n) is 6.49. The average Bonchev–Trinajstić information content (AvgIpc) is 2.86. The molecule has 2 atom stereocenters. The first-order valence-electron chi connectivity index (χ1n) is 10.4. The van der Waals surface area contributed by atoms with Gasteiger partial charge in [0.1, 0.15) is 0 Å². The molecule has 0 spiro atoms. The number of nitrogens with zero attached hydrogens (tertiary/aromatic N) is 5. The van der Waals surface area contributed by atoms with E-state index in [4.69, 9.17) is 0 Å². The number of piperidine rings is 1. The fraction of sp³-hybridized carbons (Fsp3) is 0.591. The van der Waals surface area contributed by atoms with Crippen LogP contribution in [-0.4, -0.2) is 56.1 Å². The van der Waals surface area contributed by atoms with E-state index in [9.17, 15) is 4.79 Å². The lowest BCUT2D eigenvalue weighted by Crippen LogP contribution is -2.47. The van der Waals surface area contributed by atoms with Crippen LogP contribution in [-0.2, 0) is 24.8 Å². The number of carbonyl (C=O) groups excluding carboxylic acids is 1. The highest BCUT2D eigenvalue weighted by molar-refractivity contribution is 5.77. The number of rotatable bonds is 5. The maximum atomic E-state index is 13.1. The Bertz CT molecular complexity index is 831. The van der Waals surface area contributed by atoms with Gasteiger partial charge in [0.25, 0.3) is 0 Å². The molecule has 28 heavy (non-hydrogen) atoms. The molecular formula is C22H31N5O. The van der Waals surface area contributed by atoms with E-state index in [0.29, 0.717) is 24.3 Å². The molecule has 150 valence electrons. The summed E-state index contributed by atoms with van der Waals surface area (Å²) in [6.07, 6.45) is 7.51. The molecule has 3 aliphatic rings. The van der Waals surface area contributed by atoms with E-state index in [1.807, 2.05) is 37.1 Å². The zero-order chi connectivity index (χ0) is 19.7. The summed E-state index contributed by atoms with van der Waals surface area (Å²) in [7, 11) is 1.97. The van der Waals surface area contributed by atoms with E-state index in [1.54, 1.807) is 0 Å². The van der Waals surface area contributed by atoms with Gasteiger partial charge in [-0.05, 0) is 56.2 Å². The summed E-state index contributed by atoms with van der Waals surface area (Å²) in [5.41, 5.74) is 4.71. The van der Waals surface area contributed by atoms with E-state index < -0.39 is 0 Å². The Morgan fingerprint density at radius 1 is 1.21 bits per heavy atom. The van der Waals surface area contributed by atoms with Crippen molar-refractivity contribution >= 4 is 5.91 Å². The monoisotopic (exact) mass is 381 g/mol. The Balaban J connectivity index is 1.39. The van der Waals surface area contributed by atoms with Crippen molar-refractivity contribution < 1.29 is 4.79 Å². The van der Waals surface area contributed by atoms with Gasteiger partial charge in [0.15, 0.2) is 0 Å². The first kappa shape index (κ1) is 19.1. The summed E-state index contributed by atoms with van der Waals surface area (Å²) in [6.45, 7) is 8.02. The minimum atomic E-state index is 0.306. The summed E-state index contributed by atoms with van der Waals surface area (Å²) in [5.74, 6) is 0.891. The number of hydrogen-bond donors (Lipinski definition) is 0. The van der Waals surface area contributed by atoms with Gasteiger partial charge < -0.3 is 4.90 Å². The second-order valence-corrected chi connectivity index (χ2v) is 8.47. The largest absolute Gasteiger partial charge is 0.338 e. The molecule has 5 rings (SSSR count). The van der Waals surface area contributed by atoms with Gasteiger partial charge in [-0.25, -0.2) is 0 Å². The van der Waals surface area contributed by atoms with Crippen molar-refractivity contribution in [3.8, 4) is 0 Å². The second-order valence-electron chi connectivity index (χ2n) is 8.47. The number of pyridine rings is 1. The summed E-state index contributed by atoms with van der Waals surface area (Å²) in [6, 6.07) is 4.49. The topological polar surface area (TPSA) is 54.3 Å². The molecule has 1 amide bonds. The maximum Gasteiger partial charge on any atom is 0.223 e. The molecule has 2 aromatic heterocycles. The molecule has 0 N–H and O–H groups in total. The third kappa shape index (κ3) is 3.97. The van der Waals surface area contributed by atoms with Crippen LogP contribution in [0.5, 0.6) is 0 Å². The molecule has 0 saturated carbocycles. The number of amides is 1. The first-order chi connectivity index (χ1) is 13.5. The van der Waals surface area contributed by atoms with Gasteiger partial charge in [-0.2, -0.15) is 5.10 Å². The molecule has 5 heterocycles. The Labute approximate surface area is 167 Å². The molecule has 0 aliphatic carbocycles. The van der Waals surface area contributed by atoms with Crippen molar-refractivity contribution in [1.29, 1.82) is 0 Å². The molecular weight excluding hydrogens is 350 g/mol. The number of hydrogen-bond acceptors (Lipinski definition) is 4. The Morgan fingerprint density at radius 2 is 2.07 bits per heavy atom. The molecule has 3 saturated heterocycles. The predicted molar refractivity (Wildman–Crippen MR) is 109 cm³/mol. The van der Waals surface area contributed by atoms with Crippen molar-refractivity contribution in [1.82, 2.24) is 24.6 Å². The van der Waals surface area contributed by atoms with Crippen LogP contribution >= 0.6 is 0 Å². The van der Waals surface area contributed by atoms with E-state index in [0.717, 1.165) is 44.7 Å². The Morgan fingerprint density at radius 3 is 2.79 bits per heavy atom. The molecule has 3 fully saturated rings. The Hall–Kier alpha value is -2.21. The van der Waals surface area contributed by atoms with Crippen molar-refractivity contribution in [2.45, 2.75) is 52.1 Å². The van der Waals surface area contributed by atoms with Crippen molar-refractivity contribution in [3.63, 3.8) is 0 Å². The minimum absolute atomic E-state index is 0.306. The van der Waals surface area contributed by atoms with E-state index in [2.05, 4.69) is 32.9 Å². The lowest BCUT2D eigenvalue weighted by Gasteiger charge is -2.36. The normalized spacial score (nSPS) is 22.5. The second kappa shape index (κ2) is 8.03. The predicted octanol–water partition coefficient (Wildman–Crippen LogP) is 2.49. The van der Waals surface area contributed by atoms with Gasteiger partial charge in [0, 0.05) is 63.8 Å². The number of aryl methyl sites for hydroxylation is 2. The summed E-state index contributed by atoms with van der Waals surface area (Å²) in [4.78, 5) is 22.0. The van der Waals surface area contributed by atoms with Gasteiger partial charge in [-0.3, -0.25) is 19.4 Å². The molecule has 0 aromatic carbocycles. The highest BCUT2D eigenvalue weighted by atomic mass is 16.2. The highest BCUT2D eigenvalue weighted by Gasteiger charge is 2.36. The van der Waals surface area contributed by atoms with Crippen LogP contribution in [0.15, 0.2) is 24.5 Å². The maximum absolute atomic E-state index is 13.1. The Kier molecular flexibility index (Phi) is 5.49. The molecule has 3 aliphatic heterocycles. The van der Waals surface area contributed by atoms with E-state index in [1.165, 1.54) is 23.2 Å². The van der Waals surface area contributed by atoms with Crippen LogP contribution in [0.2, 0.25) is 0 Å². The van der Waals surface area contributed by atoms with Crippen LogP contribution in [0.4, 0.5) is 0 Å². The van der Waals surface area contributed by atoms with Crippen molar-refractivity contribution in [3.05, 3.63) is 47.0 Å². The van der Waals surface area contributed by atoms with Crippen LogP contribution in [0.3, 0.4) is 0 Å². The van der Waals surface area contributed by atoms with Crippen molar-refractivity contribution in [2.75, 3.05) is 19.6 Å². The lowest BCUT2D eigenvalue weighted by atomic mass is 9.94. The molecule has 2 unspecified atom stereocenters. The van der Waals surface area contributed by atoms with Crippen molar-refractivity contribution in [2.24, 2.45) is 13.0 Å². The lowest BCUT2D eigenvalue weighted by molar-refractivity contribution is -0.135. The molecule has 0 radical (unpaired) electrons. The molecule has 6 heteroatoms. The van der Waals surface area contributed by atoms with Gasteiger partial charge in [0.05, 0.1) is 5.69 Å². The fourth-order valence-electron chi connectivity index (χ4n) is 4.92. The van der Waals surface area contributed by atoms with Crippen LogP contribution in [0, 0.1) is 19.8 Å².